The fourth-order valence-electron chi connectivity index (χ4n) is 5.55. The second-order valence-corrected chi connectivity index (χ2v) is 10.6. The third-order valence-electron chi connectivity index (χ3n) is 8.26. The molecule has 40 heavy (non-hydrogen) atoms. The van der Waals surface area contributed by atoms with Crippen molar-refractivity contribution in [1.29, 1.82) is 0 Å². The van der Waals surface area contributed by atoms with E-state index < -0.39 is 47.4 Å². The summed E-state index contributed by atoms with van der Waals surface area (Å²) >= 11 is 0. The molecule has 4 amide bonds. The Bertz CT molecular complexity index is 1320. The Kier molecular flexibility index (Phi) is 8.50. The minimum atomic E-state index is -1.38. The van der Waals surface area contributed by atoms with Gasteiger partial charge in [0.25, 0.3) is 5.91 Å². The van der Waals surface area contributed by atoms with Crippen LogP contribution in [0.2, 0.25) is 0 Å². The van der Waals surface area contributed by atoms with Crippen LogP contribution >= 0.6 is 0 Å². The largest absolute Gasteiger partial charge is 0.504 e. The van der Waals surface area contributed by atoms with Crippen molar-refractivity contribution < 1.29 is 38.2 Å². The SMILES string of the molecule is CC(C(=O)NC(C(=O)N1CCN(C(=O)c2cc3c(O)c(F)c(F)cc3n2C)CC1)C1CCCCC1)N(C)C(=O)O. The van der Waals surface area contributed by atoms with Crippen LogP contribution < -0.4 is 5.32 Å². The number of nitrogens with one attached hydrogen (secondary N) is 1. The Morgan fingerprint density at radius 3 is 2.23 bits per heavy atom. The first-order valence-electron chi connectivity index (χ1n) is 13.4. The van der Waals surface area contributed by atoms with Crippen LogP contribution in [0.1, 0.15) is 49.5 Å². The molecule has 0 bridgehead atoms. The van der Waals surface area contributed by atoms with E-state index in [1.54, 1.807) is 4.90 Å². The van der Waals surface area contributed by atoms with Crippen molar-refractivity contribution >= 4 is 34.7 Å². The topological polar surface area (TPSA) is 135 Å². The molecule has 218 valence electrons. The van der Waals surface area contributed by atoms with Gasteiger partial charge in [0, 0.05) is 51.7 Å². The van der Waals surface area contributed by atoms with Gasteiger partial charge >= 0.3 is 6.09 Å². The second-order valence-electron chi connectivity index (χ2n) is 10.6. The van der Waals surface area contributed by atoms with Gasteiger partial charge in [0.15, 0.2) is 11.6 Å². The number of carboxylic acid groups (broad SMARTS) is 1. The highest BCUT2D eigenvalue weighted by Crippen LogP contribution is 2.33. The average molecular weight is 564 g/mol. The van der Waals surface area contributed by atoms with Crippen molar-refractivity contribution in [2.24, 2.45) is 13.0 Å². The van der Waals surface area contributed by atoms with Crippen LogP contribution in [0.5, 0.6) is 5.75 Å². The molecule has 13 heteroatoms. The highest BCUT2D eigenvalue weighted by atomic mass is 19.2. The second kappa shape index (κ2) is 11.7. The van der Waals surface area contributed by atoms with Crippen molar-refractivity contribution in [3.05, 3.63) is 29.5 Å². The highest BCUT2D eigenvalue weighted by molar-refractivity contribution is 6.00. The summed E-state index contributed by atoms with van der Waals surface area (Å²) in [6.07, 6.45) is 3.22. The van der Waals surface area contributed by atoms with Gasteiger partial charge in [0.05, 0.1) is 5.52 Å². The number of carbonyl (C=O) groups is 4. The molecule has 0 spiro atoms. The summed E-state index contributed by atoms with van der Waals surface area (Å²) in [6.45, 7) is 2.29. The number of phenolic OH excluding ortho intramolecular Hbond substituents is 1. The van der Waals surface area contributed by atoms with Gasteiger partial charge < -0.3 is 29.9 Å². The van der Waals surface area contributed by atoms with Crippen molar-refractivity contribution in [2.45, 2.75) is 51.1 Å². The van der Waals surface area contributed by atoms with E-state index in [9.17, 15) is 38.2 Å². The Hall–Kier alpha value is -3.90. The maximum absolute atomic E-state index is 13.9. The first kappa shape index (κ1) is 29.1. The number of aryl methyl sites for hydroxylation is 1. The molecule has 1 aromatic carbocycles. The molecule has 2 aromatic rings. The predicted octanol–water partition coefficient (Wildman–Crippen LogP) is 2.51. The lowest BCUT2D eigenvalue weighted by Crippen LogP contribution is -2.59. The van der Waals surface area contributed by atoms with Gasteiger partial charge in [0.2, 0.25) is 17.6 Å². The van der Waals surface area contributed by atoms with Crippen LogP contribution in [0.15, 0.2) is 12.1 Å². The van der Waals surface area contributed by atoms with Gasteiger partial charge in [-0.1, -0.05) is 19.3 Å². The molecule has 3 N–H and O–H groups in total. The zero-order chi connectivity index (χ0) is 29.3. The van der Waals surface area contributed by atoms with Crippen LogP contribution in [0, 0.1) is 17.6 Å². The average Bonchev–Trinajstić information content (AvgIpc) is 3.29. The minimum absolute atomic E-state index is 0.0207. The van der Waals surface area contributed by atoms with Crippen molar-refractivity contribution in [3.8, 4) is 5.75 Å². The number of likely N-dealkylation sites (N-methyl/N-ethyl adjacent to an activating group) is 1. The number of amides is 4. The summed E-state index contributed by atoms with van der Waals surface area (Å²) in [5.74, 6) is -4.76. The van der Waals surface area contributed by atoms with E-state index in [0.29, 0.717) is 0 Å². The fraction of sp³-hybridized carbons (Fsp3) is 0.556. The number of hydrogen-bond donors (Lipinski definition) is 3. The summed E-state index contributed by atoms with van der Waals surface area (Å²) in [5.41, 5.74) is 0.307. The Morgan fingerprint density at radius 1 is 1.02 bits per heavy atom. The van der Waals surface area contributed by atoms with E-state index >= 15 is 0 Å². The number of benzene rings is 1. The molecular formula is C27H35F2N5O6. The Morgan fingerprint density at radius 2 is 1.62 bits per heavy atom. The van der Waals surface area contributed by atoms with Gasteiger partial charge in [-0.05, 0) is 31.7 Å². The first-order chi connectivity index (χ1) is 18.9. The smallest absolute Gasteiger partial charge is 0.407 e. The van der Waals surface area contributed by atoms with Crippen molar-refractivity contribution in [1.82, 2.24) is 24.6 Å². The Balaban J connectivity index is 1.46. The molecule has 2 aliphatic rings. The maximum atomic E-state index is 13.9. The van der Waals surface area contributed by atoms with Crippen LogP contribution in [-0.2, 0) is 16.6 Å². The standard InChI is InChI=1S/C27H35F2N5O6/c1-15(31(2)27(39)40)24(36)30-22(16-7-5-4-6-8-16)26(38)34-11-9-33(10-12-34)25(37)20-13-17-19(32(20)3)14-18(28)21(29)23(17)35/h13-16,22,35H,4-12H2,1-3H3,(H,30,36)(H,39,40). The van der Waals surface area contributed by atoms with E-state index in [4.69, 9.17) is 0 Å². The molecule has 2 fully saturated rings. The number of piperazine rings is 1. The zero-order valence-electron chi connectivity index (χ0n) is 22.8. The number of aromatic hydroxyl groups is 1. The number of nitrogens with zero attached hydrogens (tertiary/aromatic N) is 4. The molecule has 11 nitrogen and oxygen atoms in total. The lowest BCUT2D eigenvalue weighted by Gasteiger charge is -2.39. The molecule has 2 heterocycles. The molecule has 2 atom stereocenters. The predicted molar refractivity (Wildman–Crippen MR) is 141 cm³/mol. The summed E-state index contributed by atoms with van der Waals surface area (Å²) in [5, 5.41) is 22.1. The van der Waals surface area contributed by atoms with Crippen LogP contribution in [-0.4, -0.2) is 98.6 Å². The molecule has 0 radical (unpaired) electrons. The third-order valence-corrected chi connectivity index (χ3v) is 8.26. The number of halogens is 2. The zero-order valence-corrected chi connectivity index (χ0v) is 22.8. The Labute approximate surface area is 230 Å². The van der Waals surface area contributed by atoms with Crippen LogP contribution in [0.25, 0.3) is 10.9 Å². The number of rotatable bonds is 6. The normalized spacial score (nSPS) is 17.9. The van der Waals surface area contributed by atoms with E-state index in [2.05, 4.69) is 5.32 Å². The van der Waals surface area contributed by atoms with Crippen molar-refractivity contribution in [3.63, 3.8) is 0 Å². The summed E-state index contributed by atoms with van der Waals surface area (Å²) in [4.78, 5) is 55.2. The lowest BCUT2D eigenvalue weighted by molar-refractivity contribution is -0.140. The molecular weight excluding hydrogens is 528 g/mol. The van der Waals surface area contributed by atoms with E-state index in [0.717, 1.165) is 43.1 Å². The summed E-state index contributed by atoms with van der Waals surface area (Å²) in [7, 11) is 2.82. The molecule has 1 aliphatic carbocycles. The molecule has 1 aromatic heterocycles. The van der Waals surface area contributed by atoms with E-state index in [1.165, 1.54) is 36.6 Å². The lowest BCUT2D eigenvalue weighted by atomic mass is 9.83. The molecule has 1 aliphatic heterocycles. The number of hydrogen-bond acceptors (Lipinski definition) is 5. The van der Waals surface area contributed by atoms with Gasteiger partial charge in [-0.2, -0.15) is 4.39 Å². The number of phenols is 1. The molecule has 4 rings (SSSR count). The monoisotopic (exact) mass is 563 g/mol. The number of fused-ring (bicyclic) bond motifs is 1. The van der Waals surface area contributed by atoms with Crippen molar-refractivity contribution in [2.75, 3.05) is 33.2 Å². The van der Waals surface area contributed by atoms with Crippen LogP contribution in [0.4, 0.5) is 13.6 Å². The maximum Gasteiger partial charge on any atom is 0.407 e. The molecule has 1 saturated heterocycles. The van der Waals surface area contributed by atoms with Gasteiger partial charge in [-0.25, -0.2) is 9.18 Å². The van der Waals surface area contributed by atoms with Gasteiger partial charge in [-0.3, -0.25) is 19.3 Å². The quantitative estimate of drug-likeness (QED) is 0.494. The van der Waals surface area contributed by atoms with Crippen LogP contribution in [0.3, 0.4) is 0 Å². The number of carbonyl (C=O) groups excluding carboxylic acids is 3. The molecule has 1 saturated carbocycles. The van der Waals surface area contributed by atoms with Gasteiger partial charge in [0.1, 0.15) is 17.8 Å². The minimum Gasteiger partial charge on any atom is -0.504 e. The van der Waals surface area contributed by atoms with E-state index in [-0.39, 0.29) is 54.6 Å². The first-order valence-corrected chi connectivity index (χ1v) is 13.4. The van der Waals surface area contributed by atoms with E-state index in [1.807, 2.05) is 0 Å². The van der Waals surface area contributed by atoms with Gasteiger partial charge in [-0.15, -0.1) is 0 Å². The fourth-order valence-corrected chi connectivity index (χ4v) is 5.55. The highest BCUT2D eigenvalue weighted by Gasteiger charge is 2.37. The summed E-state index contributed by atoms with van der Waals surface area (Å²) in [6, 6.07) is 0.461. The molecule has 2 unspecified atom stereocenters. The number of aromatic nitrogens is 1. The summed E-state index contributed by atoms with van der Waals surface area (Å²) < 4.78 is 29.1. The third kappa shape index (κ3) is 5.54.